The number of hydrogen-bond acceptors (Lipinski definition) is 8. The predicted octanol–water partition coefficient (Wildman–Crippen LogP) is 0.612. The molecule has 1 aliphatic rings. The van der Waals surface area contributed by atoms with E-state index in [0.717, 1.165) is 12.0 Å². The zero-order valence-corrected chi connectivity index (χ0v) is 16.3. The van der Waals surface area contributed by atoms with Gasteiger partial charge in [-0.25, -0.2) is 0 Å². The Bertz CT molecular complexity index is 608. The van der Waals surface area contributed by atoms with Gasteiger partial charge in [-0.05, 0) is 38.0 Å². The van der Waals surface area contributed by atoms with Crippen molar-refractivity contribution >= 4 is 5.69 Å². The van der Waals surface area contributed by atoms with Crippen LogP contribution >= 0.6 is 0 Å². The Morgan fingerprint density at radius 3 is 2.44 bits per heavy atom. The number of benzene rings is 1. The lowest BCUT2D eigenvalue weighted by atomic mass is 9.99. The third-order valence-electron chi connectivity index (χ3n) is 4.89. The van der Waals surface area contributed by atoms with Crippen molar-refractivity contribution in [1.29, 1.82) is 0 Å². The zero-order valence-electron chi connectivity index (χ0n) is 16.3. The van der Waals surface area contributed by atoms with Gasteiger partial charge < -0.3 is 40.0 Å². The van der Waals surface area contributed by atoms with Gasteiger partial charge in [0, 0.05) is 7.05 Å². The minimum Gasteiger partial charge on any atom is -0.460 e. The number of ether oxygens (including phenoxy) is 3. The third-order valence-corrected chi connectivity index (χ3v) is 4.89. The van der Waals surface area contributed by atoms with Crippen molar-refractivity contribution in [3.8, 4) is 5.75 Å². The molecule has 0 aliphatic carbocycles. The van der Waals surface area contributed by atoms with E-state index in [1.807, 2.05) is 26.0 Å². The summed E-state index contributed by atoms with van der Waals surface area (Å²) in [5.41, 5.74) is 1.38. The highest BCUT2D eigenvalue weighted by atomic mass is 16.7. The maximum Gasteiger partial charge on any atom is 0.229 e. The molecule has 1 fully saturated rings. The molecule has 5 atom stereocenters. The summed E-state index contributed by atoms with van der Waals surface area (Å²) in [5.74, 6) is 0.403. The third kappa shape index (κ3) is 5.31. The van der Waals surface area contributed by atoms with Crippen molar-refractivity contribution < 1.29 is 34.6 Å². The first-order valence-electron chi connectivity index (χ1n) is 9.14. The SMILES string of the molecule is CCC(C)(C)OCc1ccc(OC2OC(CO)C(O)C(O)C2O)c(NC)c1. The van der Waals surface area contributed by atoms with Gasteiger partial charge in [0.25, 0.3) is 0 Å². The van der Waals surface area contributed by atoms with Crippen molar-refractivity contribution in [2.24, 2.45) is 0 Å². The summed E-state index contributed by atoms with van der Waals surface area (Å²) >= 11 is 0. The Hall–Kier alpha value is -1.42. The summed E-state index contributed by atoms with van der Waals surface area (Å²) in [6, 6.07) is 5.42. The van der Waals surface area contributed by atoms with Crippen LogP contribution in [0.25, 0.3) is 0 Å². The average Bonchev–Trinajstić information content (AvgIpc) is 2.67. The van der Waals surface area contributed by atoms with Crippen LogP contribution < -0.4 is 10.1 Å². The lowest BCUT2D eigenvalue weighted by Crippen LogP contribution is -2.60. The largest absolute Gasteiger partial charge is 0.460 e. The fourth-order valence-corrected chi connectivity index (χ4v) is 2.64. The van der Waals surface area contributed by atoms with E-state index in [4.69, 9.17) is 14.2 Å². The van der Waals surface area contributed by atoms with E-state index < -0.39 is 37.3 Å². The molecule has 1 saturated heterocycles. The van der Waals surface area contributed by atoms with Gasteiger partial charge in [-0.2, -0.15) is 0 Å². The van der Waals surface area contributed by atoms with Crippen LogP contribution in [0.15, 0.2) is 18.2 Å². The Kier molecular flexibility index (Phi) is 7.44. The monoisotopic (exact) mass is 385 g/mol. The Balaban J connectivity index is 2.11. The van der Waals surface area contributed by atoms with Gasteiger partial charge in [0.2, 0.25) is 6.29 Å². The Morgan fingerprint density at radius 2 is 1.85 bits per heavy atom. The fourth-order valence-electron chi connectivity index (χ4n) is 2.64. The molecule has 8 heteroatoms. The summed E-state index contributed by atoms with van der Waals surface area (Å²) in [4.78, 5) is 0. The molecular formula is C19H31NO7. The van der Waals surface area contributed by atoms with Crippen LogP contribution in [0.1, 0.15) is 32.8 Å². The summed E-state index contributed by atoms with van der Waals surface area (Å²) in [6.45, 7) is 6.06. The maximum absolute atomic E-state index is 10.1. The van der Waals surface area contributed by atoms with E-state index in [-0.39, 0.29) is 5.60 Å². The molecule has 154 valence electrons. The fraction of sp³-hybridized carbons (Fsp3) is 0.684. The minimum absolute atomic E-state index is 0.217. The second-order valence-electron chi connectivity index (χ2n) is 7.30. The highest BCUT2D eigenvalue weighted by molar-refractivity contribution is 5.57. The molecule has 0 spiro atoms. The molecule has 0 saturated carbocycles. The summed E-state index contributed by atoms with van der Waals surface area (Å²) in [5, 5.41) is 42.1. The Morgan fingerprint density at radius 1 is 1.15 bits per heavy atom. The number of anilines is 1. The Labute approximate surface area is 159 Å². The van der Waals surface area contributed by atoms with Crippen molar-refractivity contribution in [3.05, 3.63) is 23.8 Å². The molecular weight excluding hydrogens is 354 g/mol. The molecule has 0 bridgehead atoms. The average molecular weight is 385 g/mol. The van der Waals surface area contributed by atoms with Crippen LogP contribution in [0, 0.1) is 0 Å². The summed E-state index contributed by atoms with van der Waals surface area (Å²) in [7, 11) is 1.73. The molecule has 1 aromatic carbocycles. The first kappa shape index (κ1) is 21.9. The van der Waals surface area contributed by atoms with E-state index in [9.17, 15) is 20.4 Å². The van der Waals surface area contributed by atoms with Crippen LogP contribution in [0.5, 0.6) is 5.75 Å². The minimum atomic E-state index is -1.48. The number of aliphatic hydroxyl groups is 4. The standard InChI is InChI=1S/C19H31NO7/c1-5-19(2,3)25-10-11-6-7-13(12(8-11)20-4)26-18-17(24)16(23)15(22)14(9-21)27-18/h6-8,14-18,20-24H,5,9-10H2,1-4H3. The first-order chi connectivity index (χ1) is 12.7. The lowest BCUT2D eigenvalue weighted by molar-refractivity contribution is -0.277. The van der Waals surface area contributed by atoms with E-state index in [0.29, 0.717) is 18.0 Å². The molecule has 2 rings (SSSR count). The van der Waals surface area contributed by atoms with Crippen molar-refractivity contribution in [3.63, 3.8) is 0 Å². The molecule has 0 amide bonds. The van der Waals surface area contributed by atoms with Crippen LogP contribution in [0.2, 0.25) is 0 Å². The van der Waals surface area contributed by atoms with Gasteiger partial charge in [0.05, 0.1) is 24.5 Å². The molecule has 5 N–H and O–H groups in total. The molecule has 27 heavy (non-hydrogen) atoms. The zero-order chi connectivity index (χ0) is 20.2. The van der Waals surface area contributed by atoms with Crippen LogP contribution in [0.4, 0.5) is 5.69 Å². The highest BCUT2D eigenvalue weighted by Crippen LogP contribution is 2.31. The van der Waals surface area contributed by atoms with E-state index in [2.05, 4.69) is 12.2 Å². The topological polar surface area (TPSA) is 121 Å². The second-order valence-corrected chi connectivity index (χ2v) is 7.30. The van der Waals surface area contributed by atoms with Gasteiger partial charge in [0.1, 0.15) is 30.2 Å². The smallest absolute Gasteiger partial charge is 0.229 e. The van der Waals surface area contributed by atoms with Crippen molar-refractivity contribution in [1.82, 2.24) is 0 Å². The predicted molar refractivity (Wildman–Crippen MR) is 99.5 cm³/mol. The quantitative estimate of drug-likeness (QED) is 0.441. The molecule has 1 aliphatic heterocycles. The van der Waals surface area contributed by atoms with Crippen LogP contribution in [-0.4, -0.2) is 70.4 Å². The normalized spacial score (nSPS) is 28.8. The van der Waals surface area contributed by atoms with E-state index in [1.165, 1.54) is 0 Å². The molecule has 0 aromatic heterocycles. The van der Waals surface area contributed by atoms with Gasteiger partial charge in [-0.3, -0.25) is 0 Å². The molecule has 1 aromatic rings. The number of hydrogen-bond donors (Lipinski definition) is 5. The summed E-state index contributed by atoms with van der Waals surface area (Å²) in [6.07, 6.45) is -5.72. The number of nitrogens with one attached hydrogen (secondary N) is 1. The molecule has 8 nitrogen and oxygen atoms in total. The molecule has 1 heterocycles. The molecule has 0 radical (unpaired) electrons. The van der Waals surface area contributed by atoms with E-state index >= 15 is 0 Å². The van der Waals surface area contributed by atoms with Gasteiger partial charge in [0.15, 0.2) is 0 Å². The lowest BCUT2D eigenvalue weighted by Gasteiger charge is -2.39. The first-order valence-corrected chi connectivity index (χ1v) is 9.14. The van der Waals surface area contributed by atoms with Crippen LogP contribution in [-0.2, 0) is 16.1 Å². The number of aliphatic hydroxyl groups excluding tert-OH is 4. The van der Waals surface area contributed by atoms with Gasteiger partial charge in [-0.15, -0.1) is 0 Å². The van der Waals surface area contributed by atoms with Crippen molar-refractivity contribution in [2.45, 2.75) is 70.1 Å². The number of rotatable bonds is 8. The molecule has 5 unspecified atom stereocenters. The van der Waals surface area contributed by atoms with Gasteiger partial charge in [-0.1, -0.05) is 13.0 Å². The maximum atomic E-state index is 10.1. The second kappa shape index (κ2) is 9.18. The van der Waals surface area contributed by atoms with E-state index in [1.54, 1.807) is 13.1 Å². The van der Waals surface area contributed by atoms with Gasteiger partial charge >= 0.3 is 0 Å². The van der Waals surface area contributed by atoms with Crippen LogP contribution in [0.3, 0.4) is 0 Å². The van der Waals surface area contributed by atoms with Crippen molar-refractivity contribution in [2.75, 3.05) is 19.0 Å². The highest BCUT2D eigenvalue weighted by Gasteiger charge is 2.44. The summed E-state index contributed by atoms with van der Waals surface area (Å²) < 4.78 is 17.0.